The standard InChI is InChI=1S/C16H17NO2S/c1-12-7-8-13(11-15(12)17)16(18)19-9-10-20-14-5-3-2-4-6-14/h2-8,11H,9-10,17H2,1H3. The summed E-state index contributed by atoms with van der Waals surface area (Å²) in [5, 5.41) is 0. The lowest BCUT2D eigenvalue weighted by molar-refractivity contribution is 0.0530. The van der Waals surface area contributed by atoms with Crippen molar-refractivity contribution in [2.75, 3.05) is 18.1 Å². The Morgan fingerprint density at radius 1 is 1.20 bits per heavy atom. The largest absolute Gasteiger partial charge is 0.461 e. The summed E-state index contributed by atoms with van der Waals surface area (Å²) in [6, 6.07) is 15.2. The highest BCUT2D eigenvalue weighted by atomic mass is 32.2. The van der Waals surface area contributed by atoms with Gasteiger partial charge in [-0.05, 0) is 36.8 Å². The summed E-state index contributed by atoms with van der Waals surface area (Å²) in [4.78, 5) is 13.0. The molecule has 4 heteroatoms. The molecule has 0 atom stereocenters. The van der Waals surface area contributed by atoms with Gasteiger partial charge >= 0.3 is 5.97 Å². The molecule has 0 spiro atoms. The van der Waals surface area contributed by atoms with E-state index in [-0.39, 0.29) is 5.97 Å². The zero-order chi connectivity index (χ0) is 14.4. The summed E-state index contributed by atoms with van der Waals surface area (Å²) < 4.78 is 5.23. The topological polar surface area (TPSA) is 52.3 Å². The SMILES string of the molecule is Cc1ccc(C(=O)OCCSc2ccccc2)cc1N. The summed E-state index contributed by atoms with van der Waals surface area (Å²) in [5.41, 5.74) is 7.84. The first kappa shape index (κ1) is 14.5. The minimum atomic E-state index is -0.328. The maximum atomic E-state index is 11.8. The molecule has 0 aliphatic rings. The lowest BCUT2D eigenvalue weighted by atomic mass is 10.1. The van der Waals surface area contributed by atoms with Crippen LogP contribution in [0.2, 0.25) is 0 Å². The molecule has 104 valence electrons. The van der Waals surface area contributed by atoms with Gasteiger partial charge in [0.25, 0.3) is 0 Å². The Kier molecular flexibility index (Phi) is 5.07. The van der Waals surface area contributed by atoms with E-state index in [1.165, 1.54) is 4.90 Å². The Morgan fingerprint density at radius 3 is 2.65 bits per heavy atom. The molecule has 2 aromatic carbocycles. The fourth-order valence-corrected chi connectivity index (χ4v) is 2.41. The second kappa shape index (κ2) is 7.01. The van der Waals surface area contributed by atoms with Crippen molar-refractivity contribution in [3.05, 3.63) is 59.7 Å². The molecule has 2 N–H and O–H groups in total. The number of hydrogen-bond acceptors (Lipinski definition) is 4. The zero-order valence-electron chi connectivity index (χ0n) is 11.3. The average molecular weight is 287 g/mol. The van der Waals surface area contributed by atoms with Gasteiger partial charge < -0.3 is 10.5 Å². The summed E-state index contributed by atoms with van der Waals surface area (Å²) in [7, 11) is 0. The average Bonchev–Trinajstić information content (AvgIpc) is 2.47. The number of anilines is 1. The highest BCUT2D eigenvalue weighted by Crippen LogP contribution is 2.17. The number of thioether (sulfide) groups is 1. The lowest BCUT2D eigenvalue weighted by Crippen LogP contribution is -2.08. The fourth-order valence-electron chi connectivity index (χ4n) is 1.66. The third kappa shape index (κ3) is 4.03. The summed E-state index contributed by atoms with van der Waals surface area (Å²) in [5.74, 6) is 0.405. The number of carbonyl (C=O) groups excluding carboxylic acids is 1. The normalized spacial score (nSPS) is 10.2. The van der Waals surface area contributed by atoms with Crippen molar-refractivity contribution < 1.29 is 9.53 Å². The summed E-state index contributed by atoms with van der Waals surface area (Å²) in [6.45, 7) is 2.28. The van der Waals surface area contributed by atoms with Crippen LogP contribution < -0.4 is 5.73 Å². The maximum absolute atomic E-state index is 11.8. The molecule has 0 aliphatic carbocycles. The highest BCUT2D eigenvalue weighted by molar-refractivity contribution is 7.99. The monoisotopic (exact) mass is 287 g/mol. The van der Waals surface area contributed by atoms with Crippen molar-refractivity contribution in [1.29, 1.82) is 0 Å². The third-order valence-corrected chi connectivity index (χ3v) is 3.82. The minimum Gasteiger partial charge on any atom is -0.461 e. The zero-order valence-corrected chi connectivity index (χ0v) is 12.2. The van der Waals surface area contributed by atoms with Gasteiger partial charge in [0, 0.05) is 16.3 Å². The molecule has 0 bridgehead atoms. The van der Waals surface area contributed by atoms with Crippen LogP contribution >= 0.6 is 11.8 Å². The van der Waals surface area contributed by atoms with Crippen molar-refractivity contribution in [3.8, 4) is 0 Å². The second-order valence-corrected chi connectivity index (χ2v) is 5.54. The van der Waals surface area contributed by atoms with Crippen LogP contribution in [0.25, 0.3) is 0 Å². The van der Waals surface area contributed by atoms with Gasteiger partial charge in [0.2, 0.25) is 0 Å². The van der Waals surface area contributed by atoms with Crippen LogP contribution in [0.1, 0.15) is 15.9 Å². The Labute approximate surface area is 123 Å². The van der Waals surface area contributed by atoms with Gasteiger partial charge in [0.1, 0.15) is 6.61 Å². The maximum Gasteiger partial charge on any atom is 0.338 e. The number of esters is 1. The van der Waals surface area contributed by atoms with E-state index >= 15 is 0 Å². The summed E-state index contributed by atoms with van der Waals surface area (Å²) >= 11 is 1.66. The first-order chi connectivity index (χ1) is 9.66. The smallest absolute Gasteiger partial charge is 0.338 e. The van der Waals surface area contributed by atoms with Crippen molar-refractivity contribution in [1.82, 2.24) is 0 Å². The van der Waals surface area contributed by atoms with E-state index in [4.69, 9.17) is 10.5 Å². The first-order valence-electron chi connectivity index (χ1n) is 6.38. The van der Waals surface area contributed by atoms with Crippen LogP contribution in [-0.2, 0) is 4.74 Å². The number of nitrogen functional groups attached to an aromatic ring is 1. The summed E-state index contributed by atoms with van der Waals surface area (Å²) in [6.07, 6.45) is 0. The Morgan fingerprint density at radius 2 is 1.95 bits per heavy atom. The van der Waals surface area contributed by atoms with Gasteiger partial charge in [-0.15, -0.1) is 11.8 Å². The van der Waals surface area contributed by atoms with E-state index < -0.39 is 0 Å². The molecule has 0 fully saturated rings. The van der Waals surface area contributed by atoms with E-state index in [0.717, 1.165) is 11.3 Å². The lowest BCUT2D eigenvalue weighted by Gasteiger charge is -2.06. The van der Waals surface area contributed by atoms with Crippen LogP contribution in [-0.4, -0.2) is 18.3 Å². The molecule has 0 aliphatic heterocycles. The van der Waals surface area contributed by atoms with Crippen LogP contribution in [0.5, 0.6) is 0 Å². The predicted octanol–water partition coefficient (Wildman–Crippen LogP) is 3.53. The molecule has 0 unspecified atom stereocenters. The molecule has 0 saturated heterocycles. The van der Waals surface area contributed by atoms with Crippen LogP contribution in [0.15, 0.2) is 53.4 Å². The molecule has 0 saturated carbocycles. The number of nitrogens with two attached hydrogens (primary N) is 1. The number of carbonyl (C=O) groups is 1. The van der Waals surface area contributed by atoms with E-state index in [2.05, 4.69) is 0 Å². The number of ether oxygens (including phenoxy) is 1. The molecule has 20 heavy (non-hydrogen) atoms. The van der Waals surface area contributed by atoms with Crippen molar-refractivity contribution in [2.24, 2.45) is 0 Å². The molecule has 0 amide bonds. The molecule has 0 heterocycles. The van der Waals surface area contributed by atoms with Gasteiger partial charge in [-0.1, -0.05) is 24.3 Å². The van der Waals surface area contributed by atoms with E-state index in [1.807, 2.05) is 43.3 Å². The van der Waals surface area contributed by atoms with Gasteiger partial charge in [-0.2, -0.15) is 0 Å². The molecule has 2 aromatic rings. The van der Waals surface area contributed by atoms with E-state index in [1.54, 1.807) is 23.9 Å². The van der Waals surface area contributed by atoms with Crippen molar-refractivity contribution in [3.63, 3.8) is 0 Å². The van der Waals surface area contributed by atoms with Crippen molar-refractivity contribution >= 4 is 23.4 Å². The fraction of sp³-hybridized carbons (Fsp3) is 0.188. The molecule has 3 nitrogen and oxygen atoms in total. The van der Waals surface area contributed by atoms with Gasteiger partial charge in [-0.3, -0.25) is 0 Å². The van der Waals surface area contributed by atoms with Gasteiger partial charge in [0.15, 0.2) is 0 Å². The molecule has 2 rings (SSSR count). The number of aryl methyl sites for hydroxylation is 1. The van der Waals surface area contributed by atoms with Gasteiger partial charge in [0.05, 0.1) is 5.56 Å². The molecule has 0 aromatic heterocycles. The van der Waals surface area contributed by atoms with E-state index in [9.17, 15) is 4.79 Å². The van der Waals surface area contributed by atoms with Crippen LogP contribution in [0.4, 0.5) is 5.69 Å². The third-order valence-electron chi connectivity index (χ3n) is 2.84. The number of hydrogen-bond donors (Lipinski definition) is 1. The Hall–Kier alpha value is -1.94. The predicted molar refractivity (Wildman–Crippen MR) is 83.0 cm³/mol. The Bertz CT molecular complexity index is 584. The second-order valence-electron chi connectivity index (χ2n) is 4.37. The number of rotatable bonds is 5. The van der Waals surface area contributed by atoms with Gasteiger partial charge in [-0.25, -0.2) is 4.79 Å². The Balaban J connectivity index is 1.79. The molecular weight excluding hydrogens is 270 g/mol. The number of benzene rings is 2. The molecule has 0 radical (unpaired) electrons. The minimum absolute atomic E-state index is 0.328. The first-order valence-corrected chi connectivity index (χ1v) is 7.36. The van der Waals surface area contributed by atoms with Crippen LogP contribution in [0, 0.1) is 6.92 Å². The molecular formula is C16H17NO2S. The van der Waals surface area contributed by atoms with Crippen molar-refractivity contribution in [2.45, 2.75) is 11.8 Å². The highest BCUT2D eigenvalue weighted by Gasteiger charge is 2.08. The van der Waals surface area contributed by atoms with Crippen LogP contribution in [0.3, 0.4) is 0 Å². The quantitative estimate of drug-likeness (QED) is 0.395. The van der Waals surface area contributed by atoms with E-state index in [0.29, 0.717) is 17.9 Å².